The first kappa shape index (κ1) is 27.7. The van der Waals surface area contributed by atoms with E-state index in [9.17, 15) is 13.2 Å². The Bertz CT molecular complexity index is 1570. The zero-order valence-corrected chi connectivity index (χ0v) is 23.8. The summed E-state index contributed by atoms with van der Waals surface area (Å²) in [6.45, 7) is 4.34. The maximum atomic E-state index is 13.9. The second-order valence-corrected chi connectivity index (χ2v) is 12.2. The number of nitrogens with one attached hydrogen (secondary N) is 1. The monoisotopic (exact) mass is 553 g/mol. The summed E-state index contributed by atoms with van der Waals surface area (Å²) in [7, 11) is -3.69. The van der Waals surface area contributed by atoms with E-state index < -0.39 is 10.0 Å². The first-order valence-corrected chi connectivity index (χ1v) is 15.3. The normalized spacial score (nSPS) is 15.7. The van der Waals surface area contributed by atoms with Crippen LogP contribution in [0.5, 0.6) is 0 Å². The maximum Gasteiger partial charge on any atom is 0.241 e. The van der Waals surface area contributed by atoms with Crippen molar-refractivity contribution in [1.82, 2.24) is 9.71 Å². The fraction of sp³-hybridized carbons (Fsp3) is 0.273. The van der Waals surface area contributed by atoms with E-state index in [1.807, 2.05) is 73.7 Å². The van der Waals surface area contributed by atoms with Gasteiger partial charge in [0, 0.05) is 23.8 Å². The van der Waals surface area contributed by atoms with E-state index in [0.29, 0.717) is 19.4 Å². The number of sulfonamides is 1. The second kappa shape index (κ2) is 12.1. The summed E-state index contributed by atoms with van der Waals surface area (Å²) in [4.78, 5) is 20.6. The van der Waals surface area contributed by atoms with Gasteiger partial charge in [-0.25, -0.2) is 13.1 Å². The highest BCUT2D eigenvalue weighted by Gasteiger charge is 2.28. The molecule has 1 aromatic heterocycles. The van der Waals surface area contributed by atoms with Gasteiger partial charge in [-0.3, -0.25) is 9.78 Å². The quantitative estimate of drug-likeness (QED) is 0.258. The van der Waals surface area contributed by atoms with Crippen LogP contribution in [0.15, 0.2) is 102 Å². The lowest BCUT2D eigenvalue weighted by Crippen LogP contribution is -2.33. The van der Waals surface area contributed by atoms with Gasteiger partial charge in [0.1, 0.15) is 0 Å². The van der Waals surface area contributed by atoms with Crippen molar-refractivity contribution in [3.63, 3.8) is 0 Å². The third kappa shape index (κ3) is 6.49. The van der Waals surface area contributed by atoms with Crippen LogP contribution in [-0.4, -0.2) is 19.3 Å². The predicted octanol–water partition coefficient (Wildman–Crippen LogP) is 6.47. The Labute approximate surface area is 237 Å². The van der Waals surface area contributed by atoms with Crippen LogP contribution in [-0.2, 0) is 27.8 Å². The first-order valence-electron chi connectivity index (χ1n) is 13.8. The van der Waals surface area contributed by atoms with Crippen LogP contribution in [0.25, 0.3) is 0 Å². The lowest BCUT2D eigenvalue weighted by molar-refractivity contribution is -0.119. The Morgan fingerprint density at radius 2 is 1.70 bits per heavy atom. The lowest BCUT2D eigenvalue weighted by atomic mass is 9.87. The smallest absolute Gasteiger partial charge is 0.241 e. The highest BCUT2D eigenvalue weighted by atomic mass is 32.2. The van der Waals surface area contributed by atoms with Crippen LogP contribution in [0, 0.1) is 6.92 Å². The molecular weight excluding hydrogens is 518 g/mol. The first-order chi connectivity index (χ1) is 19.3. The third-order valence-corrected chi connectivity index (χ3v) is 9.01. The predicted molar refractivity (Wildman–Crippen MR) is 159 cm³/mol. The van der Waals surface area contributed by atoms with Gasteiger partial charge in [-0.2, -0.15) is 0 Å². The largest absolute Gasteiger partial charge is 0.306 e. The number of hydrogen-bond donors (Lipinski definition) is 1. The summed E-state index contributed by atoms with van der Waals surface area (Å²) in [6, 6.07) is 30.0. The molecule has 1 N–H and O–H groups in total. The second-order valence-electron chi connectivity index (χ2n) is 10.5. The molecule has 7 heteroatoms. The number of pyridine rings is 1. The molecule has 0 radical (unpaired) electrons. The number of fused-ring (bicyclic) bond motifs is 1. The molecule has 0 fully saturated rings. The molecular formula is C33H35N3O3S. The van der Waals surface area contributed by atoms with Crippen molar-refractivity contribution in [3.05, 3.63) is 125 Å². The van der Waals surface area contributed by atoms with Crippen LogP contribution in [0.3, 0.4) is 0 Å². The summed E-state index contributed by atoms with van der Waals surface area (Å²) in [6.07, 6.45) is 2.80. The molecule has 0 aliphatic heterocycles. The van der Waals surface area contributed by atoms with E-state index in [-0.39, 0.29) is 22.8 Å². The van der Waals surface area contributed by atoms with Crippen molar-refractivity contribution in [2.75, 3.05) is 4.90 Å². The Morgan fingerprint density at radius 3 is 2.42 bits per heavy atom. The molecule has 1 aliphatic carbocycles. The van der Waals surface area contributed by atoms with Crippen molar-refractivity contribution in [2.24, 2.45) is 0 Å². The fourth-order valence-corrected chi connectivity index (χ4v) is 6.65. The van der Waals surface area contributed by atoms with Crippen LogP contribution >= 0.6 is 0 Å². The molecule has 1 aliphatic rings. The van der Waals surface area contributed by atoms with E-state index >= 15 is 0 Å². The fourth-order valence-electron chi connectivity index (χ4n) is 5.38. The summed E-state index contributed by atoms with van der Waals surface area (Å²) in [5.74, 6) is 0.0431. The molecule has 1 heterocycles. The van der Waals surface area contributed by atoms with E-state index in [2.05, 4.69) is 16.6 Å². The van der Waals surface area contributed by atoms with E-state index in [4.69, 9.17) is 0 Å². The number of hydrogen-bond acceptors (Lipinski definition) is 4. The van der Waals surface area contributed by atoms with Crippen LogP contribution in [0.1, 0.15) is 66.2 Å². The van der Waals surface area contributed by atoms with Gasteiger partial charge in [-0.05, 0) is 85.2 Å². The number of benzene rings is 3. The number of carbonyl (C=O) groups is 1. The molecule has 3 aromatic carbocycles. The molecule has 0 bridgehead atoms. The van der Waals surface area contributed by atoms with Gasteiger partial charge >= 0.3 is 0 Å². The van der Waals surface area contributed by atoms with Gasteiger partial charge in [0.15, 0.2) is 0 Å². The summed E-state index contributed by atoms with van der Waals surface area (Å²) < 4.78 is 29.3. The number of anilines is 1. The van der Waals surface area contributed by atoms with E-state index in [1.54, 1.807) is 35.2 Å². The zero-order chi connectivity index (χ0) is 28.1. The zero-order valence-electron chi connectivity index (χ0n) is 23.0. The highest BCUT2D eigenvalue weighted by Crippen LogP contribution is 2.35. The minimum absolute atomic E-state index is 0.00293. The molecule has 4 aromatic rings. The van der Waals surface area contributed by atoms with Gasteiger partial charge < -0.3 is 4.90 Å². The molecule has 40 heavy (non-hydrogen) atoms. The summed E-state index contributed by atoms with van der Waals surface area (Å²) in [5, 5.41) is 0. The van der Waals surface area contributed by atoms with Crippen molar-refractivity contribution in [2.45, 2.75) is 62.9 Å². The topological polar surface area (TPSA) is 79.4 Å². The molecule has 206 valence electrons. The number of aryl methyl sites for hydroxylation is 2. The number of aromatic nitrogens is 1. The highest BCUT2D eigenvalue weighted by molar-refractivity contribution is 7.89. The molecule has 0 unspecified atom stereocenters. The average Bonchev–Trinajstić information content (AvgIpc) is 2.96. The summed E-state index contributed by atoms with van der Waals surface area (Å²) in [5.41, 5.74) is 5.59. The molecule has 2 atom stereocenters. The van der Waals surface area contributed by atoms with Crippen molar-refractivity contribution < 1.29 is 13.2 Å². The van der Waals surface area contributed by atoms with E-state index in [0.717, 1.165) is 46.6 Å². The van der Waals surface area contributed by atoms with Gasteiger partial charge in [-0.1, -0.05) is 67.6 Å². The van der Waals surface area contributed by atoms with Gasteiger partial charge in [0.05, 0.1) is 17.1 Å². The SMILES string of the molecule is Cc1cccc(CN(C(=O)C[C@H](C)c2ccccc2)c2ccc3c(c2)[C@H](NS(=O)(=O)c2ccccc2)CCC3)n1. The minimum Gasteiger partial charge on any atom is -0.306 e. The van der Waals surface area contributed by atoms with Gasteiger partial charge in [0.2, 0.25) is 15.9 Å². The Balaban J connectivity index is 1.47. The average molecular weight is 554 g/mol. The number of nitrogens with zero attached hydrogens (tertiary/aromatic N) is 2. The van der Waals surface area contributed by atoms with Crippen molar-refractivity contribution >= 4 is 21.6 Å². The Morgan fingerprint density at radius 1 is 0.975 bits per heavy atom. The number of carbonyl (C=O) groups excluding carboxylic acids is 1. The number of amides is 1. The molecule has 1 amide bonds. The van der Waals surface area contributed by atoms with Crippen LogP contribution in [0.2, 0.25) is 0 Å². The molecule has 0 spiro atoms. The van der Waals surface area contributed by atoms with Crippen molar-refractivity contribution in [3.8, 4) is 0 Å². The molecule has 6 nitrogen and oxygen atoms in total. The Hall–Kier alpha value is -3.81. The maximum absolute atomic E-state index is 13.9. The third-order valence-electron chi connectivity index (χ3n) is 7.52. The van der Waals surface area contributed by atoms with Crippen LogP contribution in [0.4, 0.5) is 5.69 Å². The van der Waals surface area contributed by atoms with Crippen LogP contribution < -0.4 is 9.62 Å². The molecule has 0 saturated heterocycles. The number of rotatable bonds is 9. The Kier molecular flexibility index (Phi) is 8.43. The van der Waals surface area contributed by atoms with Crippen molar-refractivity contribution in [1.29, 1.82) is 0 Å². The molecule has 5 rings (SSSR count). The molecule has 0 saturated carbocycles. The minimum atomic E-state index is -3.69. The van der Waals surface area contributed by atoms with E-state index in [1.165, 1.54) is 0 Å². The summed E-state index contributed by atoms with van der Waals surface area (Å²) >= 11 is 0. The van der Waals surface area contributed by atoms with Gasteiger partial charge in [0.25, 0.3) is 0 Å². The van der Waals surface area contributed by atoms with Gasteiger partial charge in [-0.15, -0.1) is 0 Å². The standard InChI is InChI=1S/C33H35N3O3S/c1-24(26-12-5-3-6-13-26)21-33(37)36(23-28-15-9-11-25(2)34-28)29-20-19-27-14-10-18-32(31(27)22-29)35-40(38,39)30-16-7-4-8-17-30/h3-9,11-13,15-17,19-20,22,24,32,35H,10,14,18,21,23H2,1-2H3/t24-,32+/m0/s1. The lowest BCUT2D eigenvalue weighted by Gasteiger charge is -2.30.